The summed E-state index contributed by atoms with van der Waals surface area (Å²) in [6.45, 7) is 1.86. The second-order valence-electron chi connectivity index (χ2n) is 5.10. The molecule has 0 spiro atoms. The second kappa shape index (κ2) is 6.70. The Kier molecular flexibility index (Phi) is 4.48. The van der Waals surface area contributed by atoms with Gasteiger partial charge in [-0.2, -0.15) is 0 Å². The van der Waals surface area contributed by atoms with Crippen LogP contribution in [0.5, 0.6) is 0 Å². The Labute approximate surface area is 128 Å². The highest BCUT2D eigenvalue weighted by atomic mass is 32.1. The van der Waals surface area contributed by atoms with E-state index in [1.54, 1.807) is 11.3 Å². The van der Waals surface area contributed by atoms with Crippen LogP contribution in [0.15, 0.2) is 48.5 Å². The molecule has 1 aromatic heterocycles. The van der Waals surface area contributed by atoms with E-state index < -0.39 is 0 Å². The molecule has 0 bridgehead atoms. The highest BCUT2D eigenvalue weighted by Crippen LogP contribution is 2.22. The lowest BCUT2D eigenvalue weighted by Crippen LogP contribution is -2.15. The quantitative estimate of drug-likeness (QED) is 0.540. The van der Waals surface area contributed by atoms with E-state index in [1.165, 1.54) is 15.3 Å². The molecule has 3 nitrogen and oxygen atoms in total. The molecule has 3 aromatic rings. The van der Waals surface area contributed by atoms with Crippen LogP contribution >= 0.6 is 11.3 Å². The lowest BCUT2D eigenvalue weighted by molar-refractivity contribution is 0.649. The molecule has 0 aliphatic heterocycles. The summed E-state index contributed by atoms with van der Waals surface area (Å²) in [6.07, 6.45) is 2.13. The molecule has 21 heavy (non-hydrogen) atoms. The fourth-order valence-corrected chi connectivity index (χ4v) is 3.34. The monoisotopic (exact) mass is 297 g/mol. The van der Waals surface area contributed by atoms with Crippen LogP contribution in [-0.4, -0.2) is 11.5 Å². The van der Waals surface area contributed by atoms with E-state index in [4.69, 9.17) is 5.73 Å². The number of fused-ring (bicyclic) bond motifs is 1. The molecule has 0 aliphatic carbocycles. The molecule has 0 unspecified atom stereocenters. The average Bonchev–Trinajstić information content (AvgIpc) is 2.89. The normalized spacial score (nSPS) is 11.0. The first-order valence-electron chi connectivity index (χ1n) is 7.21. The van der Waals surface area contributed by atoms with Gasteiger partial charge in [0.1, 0.15) is 0 Å². The Morgan fingerprint density at radius 3 is 2.86 bits per heavy atom. The molecule has 0 amide bonds. The van der Waals surface area contributed by atoms with E-state index >= 15 is 0 Å². The summed E-state index contributed by atoms with van der Waals surface area (Å²) in [4.78, 5) is 4.65. The van der Waals surface area contributed by atoms with Crippen LogP contribution in [0.4, 0.5) is 5.69 Å². The maximum atomic E-state index is 5.77. The minimum Gasteiger partial charge on any atom is -0.399 e. The standard InChI is InChI=1S/C17H19N3S/c18-14-6-3-5-13(11-14)12-19-10-4-9-17-20-15-7-1-2-8-16(15)21-17/h1-3,5-8,11,19H,4,9-10,12,18H2. The predicted octanol–water partition coefficient (Wildman–Crippen LogP) is 3.60. The first kappa shape index (κ1) is 14.0. The van der Waals surface area contributed by atoms with E-state index in [-0.39, 0.29) is 0 Å². The molecule has 0 saturated heterocycles. The lowest BCUT2D eigenvalue weighted by Gasteiger charge is -2.04. The van der Waals surface area contributed by atoms with E-state index in [0.717, 1.165) is 37.1 Å². The fraction of sp³-hybridized carbons (Fsp3) is 0.235. The van der Waals surface area contributed by atoms with Gasteiger partial charge in [-0.25, -0.2) is 4.98 Å². The second-order valence-corrected chi connectivity index (χ2v) is 6.22. The van der Waals surface area contributed by atoms with Crippen molar-refractivity contribution in [2.45, 2.75) is 19.4 Å². The summed E-state index contributed by atoms with van der Waals surface area (Å²) < 4.78 is 1.28. The van der Waals surface area contributed by atoms with Crippen LogP contribution < -0.4 is 11.1 Å². The number of aromatic nitrogens is 1. The van der Waals surface area contributed by atoms with Gasteiger partial charge < -0.3 is 11.1 Å². The average molecular weight is 297 g/mol. The summed E-state index contributed by atoms with van der Waals surface area (Å²) in [5.41, 5.74) is 8.94. The zero-order chi connectivity index (χ0) is 14.5. The minimum atomic E-state index is 0.823. The number of nitrogen functional groups attached to an aromatic ring is 1. The van der Waals surface area contributed by atoms with Crippen molar-refractivity contribution in [3.8, 4) is 0 Å². The van der Waals surface area contributed by atoms with Crippen molar-refractivity contribution in [3.63, 3.8) is 0 Å². The Hall–Kier alpha value is -1.91. The summed E-state index contributed by atoms with van der Waals surface area (Å²) in [5.74, 6) is 0. The van der Waals surface area contributed by atoms with Crippen molar-refractivity contribution in [2.75, 3.05) is 12.3 Å². The van der Waals surface area contributed by atoms with Crippen LogP contribution in [0.25, 0.3) is 10.2 Å². The number of rotatable bonds is 6. The molecule has 1 heterocycles. The molecule has 0 radical (unpaired) electrons. The maximum absolute atomic E-state index is 5.77. The van der Waals surface area contributed by atoms with Gasteiger partial charge in [-0.15, -0.1) is 11.3 Å². The highest BCUT2D eigenvalue weighted by molar-refractivity contribution is 7.18. The molecule has 3 rings (SSSR count). The molecule has 0 atom stereocenters. The fourth-order valence-electron chi connectivity index (χ4n) is 2.33. The molecular weight excluding hydrogens is 278 g/mol. The Morgan fingerprint density at radius 2 is 2.00 bits per heavy atom. The Bertz CT molecular complexity index is 688. The largest absolute Gasteiger partial charge is 0.399 e. The van der Waals surface area contributed by atoms with Gasteiger partial charge in [-0.1, -0.05) is 24.3 Å². The first-order chi connectivity index (χ1) is 10.3. The third-order valence-electron chi connectivity index (χ3n) is 3.36. The van der Waals surface area contributed by atoms with Gasteiger partial charge in [-0.3, -0.25) is 0 Å². The summed E-state index contributed by atoms with van der Waals surface area (Å²) >= 11 is 1.80. The maximum Gasteiger partial charge on any atom is 0.0939 e. The smallest absolute Gasteiger partial charge is 0.0939 e. The summed E-state index contributed by atoms with van der Waals surface area (Å²) in [5, 5.41) is 4.68. The Balaban J connectivity index is 1.44. The number of para-hydroxylation sites is 1. The van der Waals surface area contributed by atoms with E-state index in [1.807, 2.05) is 24.3 Å². The van der Waals surface area contributed by atoms with E-state index in [0.29, 0.717) is 0 Å². The third kappa shape index (κ3) is 3.80. The van der Waals surface area contributed by atoms with Gasteiger partial charge in [0.2, 0.25) is 0 Å². The molecule has 0 fully saturated rings. The van der Waals surface area contributed by atoms with Crippen molar-refractivity contribution in [1.29, 1.82) is 0 Å². The van der Waals surface area contributed by atoms with Gasteiger partial charge in [0.25, 0.3) is 0 Å². The summed E-state index contributed by atoms with van der Waals surface area (Å²) in [6, 6.07) is 16.3. The zero-order valence-electron chi connectivity index (χ0n) is 11.9. The number of nitrogens with zero attached hydrogens (tertiary/aromatic N) is 1. The number of thiazole rings is 1. The zero-order valence-corrected chi connectivity index (χ0v) is 12.7. The number of hydrogen-bond acceptors (Lipinski definition) is 4. The summed E-state index contributed by atoms with van der Waals surface area (Å²) in [7, 11) is 0. The number of hydrogen-bond donors (Lipinski definition) is 2. The molecular formula is C17H19N3S. The van der Waals surface area contributed by atoms with Gasteiger partial charge >= 0.3 is 0 Å². The van der Waals surface area contributed by atoms with Crippen molar-refractivity contribution in [1.82, 2.24) is 10.3 Å². The van der Waals surface area contributed by atoms with Crippen LogP contribution in [0.2, 0.25) is 0 Å². The minimum absolute atomic E-state index is 0.823. The molecule has 108 valence electrons. The molecule has 2 aromatic carbocycles. The third-order valence-corrected chi connectivity index (χ3v) is 4.46. The van der Waals surface area contributed by atoms with Crippen molar-refractivity contribution in [3.05, 3.63) is 59.1 Å². The topological polar surface area (TPSA) is 50.9 Å². The molecule has 0 aliphatic rings. The van der Waals surface area contributed by atoms with Gasteiger partial charge in [0.15, 0.2) is 0 Å². The number of benzene rings is 2. The van der Waals surface area contributed by atoms with Crippen LogP contribution in [0.1, 0.15) is 17.0 Å². The van der Waals surface area contributed by atoms with E-state index in [9.17, 15) is 0 Å². The van der Waals surface area contributed by atoms with Crippen molar-refractivity contribution >= 4 is 27.2 Å². The SMILES string of the molecule is Nc1cccc(CNCCCc2nc3ccccc3s2)c1. The van der Waals surface area contributed by atoms with Gasteiger partial charge in [-0.05, 0) is 42.8 Å². The molecule has 3 N–H and O–H groups in total. The van der Waals surface area contributed by atoms with Crippen LogP contribution in [0.3, 0.4) is 0 Å². The lowest BCUT2D eigenvalue weighted by atomic mass is 10.2. The first-order valence-corrected chi connectivity index (χ1v) is 8.02. The molecule has 0 saturated carbocycles. The number of anilines is 1. The number of aryl methyl sites for hydroxylation is 1. The highest BCUT2D eigenvalue weighted by Gasteiger charge is 2.02. The van der Waals surface area contributed by atoms with Crippen LogP contribution in [-0.2, 0) is 13.0 Å². The van der Waals surface area contributed by atoms with Crippen molar-refractivity contribution in [2.24, 2.45) is 0 Å². The van der Waals surface area contributed by atoms with Gasteiger partial charge in [0, 0.05) is 18.7 Å². The number of nitrogens with two attached hydrogens (primary N) is 1. The van der Waals surface area contributed by atoms with Gasteiger partial charge in [0.05, 0.1) is 15.2 Å². The van der Waals surface area contributed by atoms with E-state index in [2.05, 4.69) is 34.6 Å². The van der Waals surface area contributed by atoms with Crippen LogP contribution in [0, 0.1) is 0 Å². The number of nitrogens with one attached hydrogen (secondary N) is 1. The Morgan fingerprint density at radius 1 is 1.10 bits per heavy atom. The predicted molar refractivity (Wildman–Crippen MR) is 90.5 cm³/mol. The molecule has 4 heteroatoms. The van der Waals surface area contributed by atoms with Crippen molar-refractivity contribution < 1.29 is 0 Å².